The van der Waals surface area contributed by atoms with Crippen LogP contribution in [0.15, 0.2) is 6.07 Å². The Balaban J connectivity index is 1.91. The van der Waals surface area contributed by atoms with Gasteiger partial charge in [0.2, 0.25) is 5.88 Å². The number of nitrogens with zero attached hydrogens (tertiary/aromatic N) is 2. The third-order valence-corrected chi connectivity index (χ3v) is 3.84. The van der Waals surface area contributed by atoms with Gasteiger partial charge in [0.05, 0.1) is 5.02 Å². The number of hydrogen-bond donors (Lipinski definition) is 1. The van der Waals surface area contributed by atoms with Crippen LogP contribution in [0, 0.1) is 0 Å². The van der Waals surface area contributed by atoms with Crippen LogP contribution in [0.3, 0.4) is 0 Å². The van der Waals surface area contributed by atoms with Gasteiger partial charge in [0.25, 0.3) is 0 Å². The first-order valence-corrected chi connectivity index (χ1v) is 7.91. The number of hydrogen-bond acceptors (Lipinski definition) is 4. The Hall–Kier alpha value is -0.710. The minimum absolute atomic E-state index is 0.453. The van der Waals surface area contributed by atoms with Gasteiger partial charge in [-0.3, -0.25) is 4.90 Å². The average molecular weight is 318 g/mol. The van der Waals surface area contributed by atoms with Crippen LogP contribution >= 0.6 is 23.2 Å². The van der Waals surface area contributed by atoms with Crippen LogP contribution in [0.4, 0.5) is 5.82 Å². The van der Waals surface area contributed by atoms with Crippen LogP contribution in [0.25, 0.3) is 0 Å². The Kier molecular flexibility index (Phi) is 6.20. The van der Waals surface area contributed by atoms with Gasteiger partial charge in [0.1, 0.15) is 17.4 Å². The molecule has 0 aliphatic carbocycles. The lowest BCUT2D eigenvalue weighted by molar-refractivity contribution is 0.232. The molecule has 1 aromatic rings. The molecule has 2 rings (SSSR count). The predicted octanol–water partition coefficient (Wildman–Crippen LogP) is 3.68. The molecule has 1 N–H and O–H groups in total. The van der Waals surface area contributed by atoms with Crippen molar-refractivity contribution in [3.05, 3.63) is 16.1 Å². The second-order valence-corrected chi connectivity index (χ2v) is 5.74. The van der Waals surface area contributed by atoms with E-state index < -0.39 is 0 Å². The number of halogens is 2. The van der Waals surface area contributed by atoms with Crippen molar-refractivity contribution in [1.29, 1.82) is 0 Å². The lowest BCUT2D eigenvalue weighted by atomic mass is 10.4. The quantitative estimate of drug-likeness (QED) is 0.832. The fourth-order valence-electron chi connectivity index (χ4n) is 2.20. The SMILES string of the molecule is CCCNc1nc(OCCN2CCCC2)c(Cl)cc1Cl. The van der Waals surface area contributed by atoms with Crippen LogP contribution in [-0.2, 0) is 0 Å². The molecule has 6 heteroatoms. The minimum atomic E-state index is 0.453. The molecule has 20 heavy (non-hydrogen) atoms. The van der Waals surface area contributed by atoms with Gasteiger partial charge < -0.3 is 10.1 Å². The summed E-state index contributed by atoms with van der Waals surface area (Å²) in [4.78, 5) is 6.75. The monoisotopic (exact) mass is 317 g/mol. The Morgan fingerprint density at radius 3 is 2.75 bits per heavy atom. The van der Waals surface area contributed by atoms with E-state index in [-0.39, 0.29) is 0 Å². The van der Waals surface area contributed by atoms with Gasteiger partial charge in [-0.2, -0.15) is 4.98 Å². The zero-order valence-electron chi connectivity index (χ0n) is 11.8. The van der Waals surface area contributed by atoms with E-state index in [4.69, 9.17) is 27.9 Å². The first kappa shape index (κ1) is 15.7. The highest BCUT2D eigenvalue weighted by Crippen LogP contribution is 2.30. The van der Waals surface area contributed by atoms with Crippen molar-refractivity contribution in [3.63, 3.8) is 0 Å². The highest BCUT2D eigenvalue weighted by atomic mass is 35.5. The first-order chi connectivity index (χ1) is 9.70. The lowest BCUT2D eigenvalue weighted by Gasteiger charge is -2.16. The molecule has 1 aliphatic rings. The minimum Gasteiger partial charge on any atom is -0.475 e. The summed E-state index contributed by atoms with van der Waals surface area (Å²) in [5, 5.41) is 4.15. The molecule has 1 aromatic heterocycles. The maximum Gasteiger partial charge on any atom is 0.234 e. The van der Waals surface area contributed by atoms with E-state index in [1.165, 1.54) is 12.8 Å². The number of ether oxygens (including phenoxy) is 1. The van der Waals surface area contributed by atoms with Crippen molar-refractivity contribution in [2.24, 2.45) is 0 Å². The molecule has 4 nitrogen and oxygen atoms in total. The van der Waals surface area contributed by atoms with E-state index >= 15 is 0 Å². The molecule has 1 saturated heterocycles. The van der Waals surface area contributed by atoms with E-state index in [0.29, 0.717) is 28.3 Å². The topological polar surface area (TPSA) is 37.4 Å². The van der Waals surface area contributed by atoms with Crippen molar-refractivity contribution in [3.8, 4) is 5.88 Å². The van der Waals surface area contributed by atoms with Crippen molar-refractivity contribution in [2.45, 2.75) is 26.2 Å². The van der Waals surface area contributed by atoms with Crippen molar-refractivity contribution in [2.75, 3.05) is 38.1 Å². The fraction of sp³-hybridized carbons (Fsp3) is 0.643. The van der Waals surface area contributed by atoms with Crippen molar-refractivity contribution in [1.82, 2.24) is 9.88 Å². The normalized spacial score (nSPS) is 15.6. The molecule has 1 aliphatic heterocycles. The van der Waals surface area contributed by atoms with Crippen LogP contribution in [0.5, 0.6) is 5.88 Å². The highest BCUT2D eigenvalue weighted by molar-refractivity contribution is 6.36. The maximum atomic E-state index is 6.12. The molecule has 0 aromatic carbocycles. The van der Waals surface area contributed by atoms with Gasteiger partial charge >= 0.3 is 0 Å². The summed E-state index contributed by atoms with van der Waals surface area (Å²) in [5.41, 5.74) is 0. The summed E-state index contributed by atoms with van der Waals surface area (Å²) >= 11 is 12.2. The Morgan fingerprint density at radius 1 is 1.30 bits per heavy atom. The van der Waals surface area contributed by atoms with Gasteiger partial charge in [-0.15, -0.1) is 0 Å². The molecule has 112 valence electrons. The average Bonchev–Trinajstić information content (AvgIpc) is 2.93. The van der Waals surface area contributed by atoms with Crippen LogP contribution < -0.4 is 10.1 Å². The van der Waals surface area contributed by atoms with Gasteiger partial charge in [-0.25, -0.2) is 0 Å². The molecule has 0 amide bonds. The van der Waals surface area contributed by atoms with Crippen LogP contribution in [0.1, 0.15) is 26.2 Å². The molecule has 0 radical (unpaired) electrons. The first-order valence-electron chi connectivity index (χ1n) is 7.15. The molecular weight excluding hydrogens is 297 g/mol. The summed E-state index contributed by atoms with van der Waals surface area (Å²) in [6, 6.07) is 1.68. The fourth-order valence-corrected chi connectivity index (χ4v) is 2.68. The number of likely N-dealkylation sites (tertiary alicyclic amines) is 1. The number of aromatic nitrogens is 1. The zero-order valence-corrected chi connectivity index (χ0v) is 13.3. The highest BCUT2D eigenvalue weighted by Gasteiger charge is 2.13. The van der Waals surface area contributed by atoms with E-state index in [1.54, 1.807) is 6.07 Å². The molecule has 1 fully saturated rings. The smallest absolute Gasteiger partial charge is 0.234 e. The molecule has 0 saturated carbocycles. The number of rotatable bonds is 7. The predicted molar refractivity (Wildman–Crippen MR) is 84.2 cm³/mol. The largest absolute Gasteiger partial charge is 0.475 e. The summed E-state index contributed by atoms with van der Waals surface area (Å²) in [7, 11) is 0. The Bertz CT molecular complexity index is 437. The number of pyridine rings is 1. The van der Waals surface area contributed by atoms with Gasteiger partial charge in [-0.05, 0) is 38.4 Å². The number of anilines is 1. The van der Waals surface area contributed by atoms with Crippen LogP contribution in [-0.4, -0.2) is 42.7 Å². The third kappa shape index (κ3) is 4.40. The second-order valence-electron chi connectivity index (χ2n) is 4.93. The molecule has 0 spiro atoms. The van der Waals surface area contributed by atoms with Gasteiger partial charge in [0, 0.05) is 13.1 Å². The van der Waals surface area contributed by atoms with Crippen LogP contribution in [0.2, 0.25) is 10.0 Å². The van der Waals surface area contributed by atoms with Gasteiger partial charge in [-0.1, -0.05) is 30.1 Å². The summed E-state index contributed by atoms with van der Waals surface area (Å²) in [6.45, 7) is 6.74. The summed E-state index contributed by atoms with van der Waals surface area (Å²) < 4.78 is 5.69. The standard InChI is InChI=1S/C14H21Cl2N3O/c1-2-5-17-13-11(15)10-12(16)14(18-13)20-9-8-19-6-3-4-7-19/h10H,2-9H2,1H3,(H,17,18). The zero-order chi connectivity index (χ0) is 14.4. The van der Waals surface area contributed by atoms with Crippen molar-refractivity contribution < 1.29 is 4.74 Å². The summed E-state index contributed by atoms with van der Waals surface area (Å²) in [5.74, 6) is 1.09. The van der Waals surface area contributed by atoms with E-state index in [9.17, 15) is 0 Å². The Morgan fingerprint density at radius 2 is 2.05 bits per heavy atom. The molecule has 0 bridgehead atoms. The van der Waals surface area contributed by atoms with E-state index in [0.717, 1.165) is 32.6 Å². The van der Waals surface area contributed by atoms with Gasteiger partial charge in [0.15, 0.2) is 0 Å². The maximum absolute atomic E-state index is 6.12. The lowest BCUT2D eigenvalue weighted by Crippen LogP contribution is -2.25. The molecule has 0 atom stereocenters. The molecular formula is C14H21Cl2N3O. The Labute approximate surface area is 130 Å². The summed E-state index contributed by atoms with van der Waals surface area (Å²) in [6.07, 6.45) is 3.57. The van der Waals surface area contributed by atoms with E-state index in [2.05, 4.69) is 22.1 Å². The second kappa shape index (κ2) is 7.91. The molecule has 0 unspecified atom stereocenters. The van der Waals surface area contributed by atoms with Crippen molar-refractivity contribution >= 4 is 29.0 Å². The number of nitrogens with one attached hydrogen (secondary N) is 1. The van der Waals surface area contributed by atoms with E-state index in [1.807, 2.05) is 0 Å². The molecule has 2 heterocycles. The third-order valence-electron chi connectivity index (χ3n) is 3.28.